The Bertz CT molecular complexity index is 397. The van der Waals surface area contributed by atoms with Crippen LogP contribution in [0.2, 0.25) is 0 Å². The summed E-state index contributed by atoms with van der Waals surface area (Å²) in [5.41, 5.74) is 7.10. The molecule has 0 saturated heterocycles. The molecule has 2 N–H and O–H groups in total. The largest absolute Gasteiger partial charge is 0.398 e. The minimum absolute atomic E-state index is 0.0370. The first-order valence-electron chi connectivity index (χ1n) is 5.74. The van der Waals surface area contributed by atoms with Crippen LogP contribution in [0.25, 0.3) is 0 Å². The third kappa shape index (κ3) is 2.59. The number of anilines is 1. The predicted molar refractivity (Wildman–Crippen MR) is 69.0 cm³/mol. The molecule has 2 rings (SSSR count). The van der Waals surface area contributed by atoms with Gasteiger partial charge in [-0.05, 0) is 38.0 Å². The number of ketones is 1. The fourth-order valence-electron chi connectivity index (χ4n) is 2.13. The Morgan fingerprint density at radius 3 is 2.62 bits per heavy atom. The van der Waals surface area contributed by atoms with Crippen molar-refractivity contribution < 1.29 is 4.79 Å². The fraction of sp³-hybridized carbons (Fsp3) is 0.462. The topological polar surface area (TPSA) is 43.1 Å². The Hall–Kier alpha value is -0.960. The van der Waals surface area contributed by atoms with Crippen molar-refractivity contribution in [3.8, 4) is 0 Å². The van der Waals surface area contributed by atoms with Crippen molar-refractivity contribution in [2.75, 3.05) is 5.73 Å². The van der Waals surface area contributed by atoms with Crippen LogP contribution >= 0.6 is 11.8 Å². The van der Waals surface area contributed by atoms with Crippen molar-refractivity contribution in [1.82, 2.24) is 0 Å². The molecule has 3 heteroatoms. The maximum atomic E-state index is 11.2. The second kappa shape index (κ2) is 4.91. The molecule has 1 fully saturated rings. The minimum atomic E-state index is 0.0370. The van der Waals surface area contributed by atoms with Gasteiger partial charge < -0.3 is 5.73 Å². The highest BCUT2D eigenvalue weighted by Gasteiger charge is 2.16. The Kier molecular flexibility index (Phi) is 3.54. The van der Waals surface area contributed by atoms with Gasteiger partial charge in [-0.25, -0.2) is 0 Å². The second-order valence-corrected chi connectivity index (χ2v) is 5.70. The number of benzene rings is 1. The van der Waals surface area contributed by atoms with Gasteiger partial charge in [-0.1, -0.05) is 12.8 Å². The maximum absolute atomic E-state index is 11.2. The van der Waals surface area contributed by atoms with Gasteiger partial charge in [-0.3, -0.25) is 4.79 Å². The molecule has 0 spiro atoms. The number of hydrogen-bond acceptors (Lipinski definition) is 3. The van der Waals surface area contributed by atoms with E-state index in [0.717, 1.165) is 5.25 Å². The first kappa shape index (κ1) is 11.5. The summed E-state index contributed by atoms with van der Waals surface area (Å²) in [6.07, 6.45) is 5.30. The van der Waals surface area contributed by atoms with E-state index in [2.05, 4.69) is 0 Å². The molecule has 0 aliphatic heterocycles. The van der Waals surface area contributed by atoms with Gasteiger partial charge >= 0.3 is 0 Å². The van der Waals surface area contributed by atoms with E-state index in [-0.39, 0.29) is 5.78 Å². The molecule has 1 aromatic carbocycles. The molecule has 0 amide bonds. The molecule has 0 bridgehead atoms. The van der Waals surface area contributed by atoms with Crippen LogP contribution in [-0.2, 0) is 0 Å². The number of hydrogen-bond donors (Lipinski definition) is 1. The molecule has 1 aromatic rings. The van der Waals surface area contributed by atoms with E-state index in [0.29, 0.717) is 11.3 Å². The van der Waals surface area contributed by atoms with Crippen LogP contribution < -0.4 is 5.73 Å². The van der Waals surface area contributed by atoms with Gasteiger partial charge in [0, 0.05) is 21.4 Å². The summed E-state index contributed by atoms with van der Waals surface area (Å²) < 4.78 is 0. The monoisotopic (exact) mass is 235 g/mol. The van der Waals surface area contributed by atoms with Crippen molar-refractivity contribution in [3.63, 3.8) is 0 Å². The lowest BCUT2D eigenvalue weighted by Crippen LogP contribution is -2.00. The van der Waals surface area contributed by atoms with Gasteiger partial charge in [0.2, 0.25) is 0 Å². The van der Waals surface area contributed by atoms with Crippen molar-refractivity contribution >= 4 is 23.2 Å². The smallest absolute Gasteiger partial charge is 0.161 e. The lowest BCUT2D eigenvalue weighted by molar-refractivity contribution is 0.101. The minimum Gasteiger partial charge on any atom is -0.398 e. The normalized spacial score (nSPS) is 16.6. The van der Waals surface area contributed by atoms with E-state index in [1.54, 1.807) is 6.92 Å². The van der Waals surface area contributed by atoms with Crippen molar-refractivity contribution in [2.45, 2.75) is 42.8 Å². The summed E-state index contributed by atoms with van der Waals surface area (Å²) in [4.78, 5) is 12.4. The summed E-state index contributed by atoms with van der Waals surface area (Å²) >= 11 is 1.89. The molecule has 16 heavy (non-hydrogen) atoms. The lowest BCUT2D eigenvalue weighted by atomic mass is 10.1. The van der Waals surface area contributed by atoms with Gasteiger partial charge in [0.15, 0.2) is 5.78 Å². The summed E-state index contributed by atoms with van der Waals surface area (Å²) in [6.45, 7) is 1.55. The molecule has 2 nitrogen and oxygen atoms in total. The predicted octanol–water partition coefficient (Wildman–Crippen LogP) is 3.51. The first-order valence-corrected chi connectivity index (χ1v) is 6.62. The number of nitrogen functional groups attached to an aromatic ring is 1. The van der Waals surface area contributed by atoms with Crippen LogP contribution in [0, 0.1) is 0 Å². The third-order valence-corrected chi connectivity index (χ3v) is 4.34. The summed E-state index contributed by atoms with van der Waals surface area (Å²) in [5, 5.41) is 0.738. The van der Waals surface area contributed by atoms with Gasteiger partial charge in [-0.2, -0.15) is 0 Å². The number of carbonyl (C=O) groups excluding carboxylic acids is 1. The lowest BCUT2D eigenvalue weighted by Gasteiger charge is -2.10. The van der Waals surface area contributed by atoms with E-state index in [1.165, 1.54) is 30.6 Å². The van der Waals surface area contributed by atoms with Gasteiger partial charge in [0.05, 0.1) is 0 Å². The second-order valence-electron chi connectivity index (χ2n) is 4.33. The zero-order chi connectivity index (χ0) is 11.5. The standard InChI is InChI=1S/C13H17NOS/c1-9(15)12-7-6-11(8-13(12)14)16-10-4-2-3-5-10/h6-8,10H,2-5,14H2,1H3. The maximum Gasteiger partial charge on any atom is 0.161 e. The van der Waals surface area contributed by atoms with Crippen LogP contribution in [0.4, 0.5) is 5.69 Å². The van der Waals surface area contributed by atoms with Crippen molar-refractivity contribution in [1.29, 1.82) is 0 Å². The molecular formula is C13H17NOS. The molecule has 1 aliphatic carbocycles. The quantitative estimate of drug-likeness (QED) is 0.644. The van der Waals surface area contributed by atoms with Crippen LogP contribution in [0.3, 0.4) is 0 Å². The molecule has 1 aliphatic rings. The van der Waals surface area contributed by atoms with E-state index < -0.39 is 0 Å². The zero-order valence-electron chi connectivity index (χ0n) is 9.53. The number of thioether (sulfide) groups is 1. The zero-order valence-corrected chi connectivity index (χ0v) is 10.3. The molecule has 0 radical (unpaired) electrons. The first-order chi connectivity index (χ1) is 7.66. The van der Waals surface area contributed by atoms with Crippen LogP contribution in [-0.4, -0.2) is 11.0 Å². The number of rotatable bonds is 3. The molecule has 0 aromatic heterocycles. The van der Waals surface area contributed by atoms with Crippen LogP contribution in [0.5, 0.6) is 0 Å². The van der Waals surface area contributed by atoms with Crippen molar-refractivity contribution in [3.05, 3.63) is 23.8 Å². The molecule has 1 saturated carbocycles. The Balaban J connectivity index is 2.11. The Morgan fingerprint density at radius 2 is 2.06 bits per heavy atom. The third-order valence-electron chi connectivity index (χ3n) is 3.01. The van der Waals surface area contributed by atoms with E-state index >= 15 is 0 Å². The highest BCUT2D eigenvalue weighted by molar-refractivity contribution is 8.00. The molecule has 86 valence electrons. The molecule has 0 heterocycles. The average Bonchev–Trinajstić information content (AvgIpc) is 2.70. The highest BCUT2D eigenvalue weighted by Crippen LogP contribution is 2.35. The van der Waals surface area contributed by atoms with Gasteiger partial charge in [-0.15, -0.1) is 11.8 Å². The van der Waals surface area contributed by atoms with Gasteiger partial charge in [0.25, 0.3) is 0 Å². The van der Waals surface area contributed by atoms with E-state index in [4.69, 9.17) is 5.73 Å². The molecule has 0 unspecified atom stereocenters. The molecular weight excluding hydrogens is 218 g/mol. The van der Waals surface area contributed by atoms with Crippen LogP contribution in [0.1, 0.15) is 43.0 Å². The summed E-state index contributed by atoms with van der Waals surface area (Å²) in [7, 11) is 0. The number of Topliss-reactive ketones (excluding diaryl/α,β-unsaturated/α-hetero) is 1. The molecule has 0 atom stereocenters. The highest BCUT2D eigenvalue weighted by atomic mass is 32.2. The SMILES string of the molecule is CC(=O)c1ccc(SC2CCCC2)cc1N. The number of nitrogens with two attached hydrogens (primary N) is 1. The Labute approximate surface area is 101 Å². The summed E-state index contributed by atoms with van der Waals surface area (Å²) in [6, 6.07) is 5.78. The Morgan fingerprint density at radius 1 is 1.38 bits per heavy atom. The number of carbonyl (C=O) groups is 1. The van der Waals surface area contributed by atoms with E-state index in [1.807, 2.05) is 30.0 Å². The van der Waals surface area contributed by atoms with E-state index in [9.17, 15) is 4.79 Å². The fourth-order valence-corrected chi connectivity index (χ4v) is 3.43. The summed E-state index contributed by atoms with van der Waals surface area (Å²) in [5.74, 6) is 0.0370. The van der Waals surface area contributed by atoms with Gasteiger partial charge in [0.1, 0.15) is 0 Å². The average molecular weight is 235 g/mol. The van der Waals surface area contributed by atoms with Crippen LogP contribution in [0.15, 0.2) is 23.1 Å². The van der Waals surface area contributed by atoms with Crippen molar-refractivity contribution in [2.24, 2.45) is 0 Å².